The molecule has 0 saturated heterocycles. The maximum atomic E-state index is 4.96. The molecule has 0 bridgehead atoms. The Hall–Kier alpha value is -0.900. The molecule has 0 aliphatic rings. The van der Waals surface area contributed by atoms with Crippen LogP contribution in [0.3, 0.4) is 0 Å². The normalized spacial score (nSPS) is 10.8. The molecule has 0 spiro atoms. The smallest absolute Gasteiger partial charge is 0.0587 e. The molecule has 0 saturated carbocycles. The van der Waals surface area contributed by atoms with Crippen molar-refractivity contribution >= 4 is 0 Å². The second-order valence-electron chi connectivity index (χ2n) is 4.59. The predicted molar refractivity (Wildman–Crippen MR) is 77.1 cm³/mol. The van der Waals surface area contributed by atoms with Gasteiger partial charge >= 0.3 is 0 Å². The average molecular weight is 250 g/mol. The van der Waals surface area contributed by atoms with Crippen molar-refractivity contribution in [1.82, 2.24) is 10.6 Å². The first-order chi connectivity index (χ1) is 8.83. The lowest BCUT2D eigenvalue weighted by Crippen LogP contribution is -2.30. The van der Waals surface area contributed by atoms with Crippen molar-refractivity contribution < 1.29 is 4.74 Å². The lowest BCUT2D eigenvalue weighted by molar-refractivity contribution is 0.199. The summed E-state index contributed by atoms with van der Waals surface area (Å²) in [7, 11) is 1.73. The predicted octanol–water partition coefficient (Wildman–Crippen LogP) is 1.75. The van der Waals surface area contributed by atoms with Gasteiger partial charge in [0.2, 0.25) is 0 Å². The van der Waals surface area contributed by atoms with Crippen LogP contribution in [0.1, 0.15) is 17.5 Å². The van der Waals surface area contributed by atoms with Crippen molar-refractivity contribution in [2.45, 2.75) is 19.8 Å². The van der Waals surface area contributed by atoms with Crippen LogP contribution in [0.4, 0.5) is 0 Å². The zero-order chi connectivity index (χ0) is 13.1. The number of ether oxygens (including phenoxy) is 1. The number of nitrogens with one attached hydrogen (secondary N) is 2. The Kier molecular flexibility index (Phi) is 8.47. The van der Waals surface area contributed by atoms with Gasteiger partial charge in [0.05, 0.1) is 6.61 Å². The molecule has 1 aromatic carbocycles. The molecular formula is C15H26N2O. The summed E-state index contributed by atoms with van der Waals surface area (Å²) in [5, 5.41) is 6.76. The minimum Gasteiger partial charge on any atom is -0.383 e. The third-order valence-electron chi connectivity index (χ3n) is 2.86. The van der Waals surface area contributed by atoms with E-state index in [1.54, 1.807) is 7.11 Å². The summed E-state index contributed by atoms with van der Waals surface area (Å²) in [5.41, 5.74) is 2.79. The Morgan fingerprint density at radius 2 is 1.83 bits per heavy atom. The quantitative estimate of drug-likeness (QED) is 0.621. The minimum atomic E-state index is 0.785. The summed E-state index contributed by atoms with van der Waals surface area (Å²) in [6, 6.07) is 8.76. The number of benzene rings is 1. The number of rotatable bonds is 10. The van der Waals surface area contributed by atoms with Gasteiger partial charge in [-0.05, 0) is 31.9 Å². The summed E-state index contributed by atoms with van der Waals surface area (Å²) in [6.07, 6.45) is 2.35. The highest BCUT2D eigenvalue weighted by Gasteiger charge is 1.94. The van der Waals surface area contributed by atoms with Crippen molar-refractivity contribution in [2.75, 3.05) is 39.9 Å². The topological polar surface area (TPSA) is 33.3 Å². The first kappa shape index (κ1) is 15.2. The van der Waals surface area contributed by atoms with Crippen LogP contribution in [0.15, 0.2) is 24.3 Å². The van der Waals surface area contributed by atoms with Crippen LogP contribution in [-0.2, 0) is 11.2 Å². The first-order valence-corrected chi connectivity index (χ1v) is 6.79. The molecular weight excluding hydrogens is 224 g/mol. The van der Waals surface area contributed by atoms with Gasteiger partial charge < -0.3 is 15.4 Å². The molecule has 1 aromatic rings. The minimum absolute atomic E-state index is 0.785. The largest absolute Gasteiger partial charge is 0.383 e. The van der Waals surface area contributed by atoms with E-state index in [2.05, 4.69) is 41.8 Å². The molecule has 0 atom stereocenters. The molecule has 18 heavy (non-hydrogen) atoms. The number of aryl methyl sites for hydroxylation is 2. The summed E-state index contributed by atoms with van der Waals surface area (Å²) in [5.74, 6) is 0. The van der Waals surface area contributed by atoms with E-state index in [0.717, 1.165) is 39.2 Å². The van der Waals surface area contributed by atoms with Gasteiger partial charge in [0.25, 0.3) is 0 Å². The molecule has 0 fully saturated rings. The average Bonchev–Trinajstić information content (AvgIpc) is 2.37. The van der Waals surface area contributed by atoms with Gasteiger partial charge in [0.1, 0.15) is 0 Å². The number of hydrogen-bond acceptors (Lipinski definition) is 3. The zero-order valence-corrected chi connectivity index (χ0v) is 11.7. The van der Waals surface area contributed by atoms with E-state index in [1.165, 1.54) is 17.5 Å². The van der Waals surface area contributed by atoms with Crippen molar-refractivity contribution in [3.8, 4) is 0 Å². The van der Waals surface area contributed by atoms with E-state index >= 15 is 0 Å². The molecule has 0 unspecified atom stereocenters. The van der Waals surface area contributed by atoms with E-state index in [1.807, 2.05) is 0 Å². The molecule has 0 aliphatic carbocycles. The van der Waals surface area contributed by atoms with Crippen LogP contribution in [0.25, 0.3) is 0 Å². The molecule has 3 nitrogen and oxygen atoms in total. The van der Waals surface area contributed by atoms with Crippen LogP contribution >= 0.6 is 0 Å². The lowest BCUT2D eigenvalue weighted by atomic mass is 10.1. The Labute approximate surface area is 111 Å². The van der Waals surface area contributed by atoms with Gasteiger partial charge in [0.15, 0.2) is 0 Å². The molecule has 0 aliphatic heterocycles. The highest BCUT2D eigenvalue weighted by atomic mass is 16.5. The molecule has 0 amide bonds. The lowest BCUT2D eigenvalue weighted by Gasteiger charge is -2.06. The van der Waals surface area contributed by atoms with Crippen molar-refractivity contribution in [2.24, 2.45) is 0 Å². The molecule has 0 aromatic heterocycles. The van der Waals surface area contributed by atoms with Gasteiger partial charge in [0, 0.05) is 26.7 Å². The number of methoxy groups -OCH3 is 1. The zero-order valence-electron chi connectivity index (χ0n) is 11.7. The van der Waals surface area contributed by atoms with Crippen molar-refractivity contribution in [3.05, 3.63) is 35.4 Å². The van der Waals surface area contributed by atoms with Crippen molar-refractivity contribution in [3.63, 3.8) is 0 Å². The maximum Gasteiger partial charge on any atom is 0.0587 e. The monoisotopic (exact) mass is 250 g/mol. The Balaban J connectivity index is 1.92. The van der Waals surface area contributed by atoms with Gasteiger partial charge in [-0.25, -0.2) is 0 Å². The molecule has 0 radical (unpaired) electrons. The van der Waals surface area contributed by atoms with Crippen LogP contribution in [0, 0.1) is 6.92 Å². The highest BCUT2D eigenvalue weighted by Crippen LogP contribution is 2.05. The molecule has 0 heterocycles. The Morgan fingerprint density at radius 1 is 1.06 bits per heavy atom. The SMILES string of the molecule is COCCNCCNCCCc1cccc(C)c1. The molecule has 2 N–H and O–H groups in total. The Morgan fingerprint density at radius 3 is 2.56 bits per heavy atom. The summed E-state index contributed by atoms with van der Waals surface area (Å²) >= 11 is 0. The van der Waals surface area contributed by atoms with E-state index in [-0.39, 0.29) is 0 Å². The third-order valence-corrected chi connectivity index (χ3v) is 2.86. The van der Waals surface area contributed by atoms with Crippen molar-refractivity contribution in [1.29, 1.82) is 0 Å². The number of hydrogen-bond donors (Lipinski definition) is 2. The first-order valence-electron chi connectivity index (χ1n) is 6.79. The van der Waals surface area contributed by atoms with Crippen LogP contribution in [0.2, 0.25) is 0 Å². The van der Waals surface area contributed by atoms with Crippen LogP contribution < -0.4 is 10.6 Å². The van der Waals surface area contributed by atoms with E-state index in [0.29, 0.717) is 0 Å². The molecule has 1 rings (SSSR count). The van der Waals surface area contributed by atoms with Gasteiger partial charge in [-0.1, -0.05) is 29.8 Å². The van der Waals surface area contributed by atoms with Gasteiger partial charge in [-0.2, -0.15) is 0 Å². The summed E-state index contributed by atoms with van der Waals surface area (Å²) in [6.45, 7) is 6.98. The van der Waals surface area contributed by atoms with Gasteiger partial charge in [-0.15, -0.1) is 0 Å². The molecule has 102 valence electrons. The maximum absolute atomic E-state index is 4.96. The van der Waals surface area contributed by atoms with Gasteiger partial charge in [-0.3, -0.25) is 0 Å². The summed E-state index contributed by atoms with van der Waals surface area (Å²) < 4.78 is 4.96. The summed E-state index contributed by atoms with van der Waals surface area (Å²) in [4.78, 5) is 0. The fraction of sp³-hybridized carbons (Fsp3) is 0.600. The van der Waals surface area contributed by atoms with E-state index in [9.17, 15) is 0 Å². The van der Waals surface area contributed by atoms with E-state index < -0.39 is 0 Å². The third kappa shape index (κ3) is 7.43. The molecule has 3 heteroatoms. The highest BCUT2D eigenvalue weighted by molar-refractivity contribution is 5.22. The van der Waals surface area contributed by atoms with E-state index in [4.69, 9.17) is 4.74 Å². The van der Waals surface area contributed by atoms with Crippen LogP contribution in [-0.4, -0.2) is 39.9 Å². The van der Waals surface area contributed by atoms with Crippen LogP contribution in [0.5, 0.6) is 0 Å². The fourth-order valence-corrected chi connectivity index (χ4v) is 1.89. The second kappa shape index (κ2) is 10.1. The fourth-order valence-electron chi connectivity index (χ4n) is 1.89. The Bertz CT molecular complexity index is 315. The second-order valence-corrected chi connectivity index (χ2v) is 4.59. The standard InChI is InChI=1S/C15H26N2O/c1-14-5-3-6-15(13-14)7-4-8-16-9-10-17-11-12-18-2/h3,5-6,13,16-17H,4,7-12H2,1-2H3.